The molecule has 3 atom stereocenters. The lowest BCUT2D eigenvalue weighted by Crippen LogP contribution is -2.33. The fourth-order valence-corrected chi connectivity index (χ4v) is 3.15. The first kappa shape index (κ1) is 22.3. The summed E-state index contributed by atoms with van der Waals surface area (Å²) >= 11 is 0. The van der Waals surface area contributed by atoms with Gasteiger partial charge in [-0.25, -0.2) is 0 Å². The quantitative estimate of drug-likeness (QED) is 0.298. The second-order valence-electron chi connectivity index (χ2n) is 7.38. The van der Waals surface area contributed by atoms with Crippen LogP contribution in [0.1, 0.15) is 56.7 Å². The van der Waals surface area contributed by atoms with Gasteiger partial charge in [0.05, 0.1) is 25.1 Å². The van der Waals surface area contributed by atoms with Crippen LogP contribution in [0.2, 0.25) is 0 Å². The van der Waals surface area contributed by atoms with Gasteiger partial charge in [0.2, 0.25) is 5.91 Å². The number of nitrogens with zero attached hydrogens (tertiary/aromatic N) is 3. The minimum absolute atomic E-state index is 0.108. The van der Waals surface area contributed by atoms with E-state index in [9.17, 15) is 4.79 Å². The normalized spacial score (nSPS) is 13.6. The van der Waals surface area contributed by atoms with Crippen LogP contribution in [0.25, 0.3) is 10.4 Å². The van der Waals surface area contributed by atoms with Crippen LogP contribution in [0.3, 0.4) is 0 Å². The van der Waals surface area contributed by atoms with Gasteiger partial charge >= 0.3 is 0 Å². The fraction of sp³-hybridized carbons (Fsp3) is 0.435. The van der Waals surface area contributed by atoms with Crippen molar-refractivity contribution >= 4 is 5.91 Å². The molecule has 0 aliphatic carbocycles. The van der Waals surface area contributed by atoms with Crippen molar-refractivity contribution in [3.05, 3.63) is 76.2 Å². The number of hydrogen-bond donors (Lipinski definition) is 1. The van der Waals surface area contributed by atoms with Crippen LogP contribution in [0.5, 0.6) is 5.75 Å². The summed E-state index contributed by atoms with van der Waals surface area (Å²) in [7, 11) is 0. The highest BCUT2D eigenvalue weighted by molar-refractivity contribution is 5.83. The molecular weight excluding hydrogens is 364 g/mol. The smallest absolute Gasteiger partial charge is 0.227 e. The van der Waals surface area contributed by atoms with E-state index < -0.39 is 6.04 Å². The third-order valence-electron chi connectivity index (χ3n) is 4.94. The lowest BCUT2D eigenvalue weighted by Gasteiger charge is -2.21. The fourth-order valence-electron chi connectivity index (χ4n) is 3.15. The molecule has 0 heterocycles. The first-order valence-electron chi connectivity index (χ1n) is 10.1. The summed E-state index contributed by atoms with van der Waals surface area (Å²) < 4.78 is 5.84. The van der Waals surface area contributed by atoms with E-state index in [1.165, 1.54) is 0 Å². The molecule has 1 N–H and O–H groups in total. The Balaban J connectivity index is 2.05. The highest BCUT2D eigenvalue weighted by Crippen LogP contribution is 2.22. The van der Waals surface area contributed by atoms with Crippen LogP contribution in [0.4, 0.5) is 0 Å². The molecule has 0 bridgehead atoms. The molecule has 0 aromatic heterocycles. The molecule has 6 heteroatoms. The minimum atomic E-state index is -0.391. The molecule has 0 saturated carbocycles. The predicted molar refractivity (Wildman–Crippen MR) is 116 cm³/mol. The van der Waals surface area contributed by atoms with E-state index in [0.717, 1.165) is 29.7 Å². The Kier molecular flexibility index (Phi) is 9.06. The molecular formula is C23H30N4O2. The molecule has 2 aromatic rings. The number of carbonyl (C=O) groups excluding carboxylic acids is 1. The standard InChI is InChI=1S/C23H30N4O2/c1-4-8-17(2)16-29-21-13-11-20(12-14-21)22(15-25-27-24)26-23(28)18(3)19-9-6-5-7-10-19/h5-7,9-14,17-18,22H,4,8,15-16H2,1-3H3,(H,26,28)/t17?,18?,22-/m0/s1. The van der Waals surface area contributed by atoms with Gasteiger partial charge in [-0.3, -0.25) is 4.79 Å². The summed E-state index contributed by atoms with van der Waals surface area (Å²) in [6, 6.07) is 16.8. The van der Waals surface area contributed by atoms with E-state index in [1.54, 1.807) is 0 Å². The maximum atomic E-state index is 12.7. The van der Waals surface area contributed by atoms with Crippen LogP contribution in [-0.2, 0) is 4.79 Å². The van der Waals surface area contributed by atoms with Crippen molar-refractivity contribution in [1.29, 1.82) is 0 Å². The molecule has 0 radical (unpaired) electrons. The Bertz CT molecular complexity index is 801. The van der Waals surface area contributed by atoms with E-state index in [2.05, 4.69) is 29.2 Å². The van der Waals surface area contributed by atoms with Crippen molar-refractivity contribution < 1.29 is 9.53 Å². The summed E-state index contributed by atoms with van der Waals surface area (Å²) in [6.07, 6.45) is 2.28. The van der Waals surface area contributed by atoms with Gasteiger partial charge in [-0.05, 0) is 48.1 Å². The van der Waals surface area contributed by atoms with Crippen molar-refractivity contribution in [2.45, 2.75) is 45.6 Å². The monoisotopic (exact) mass is 394 g/mol. The van der Waals surface area contributed by atoms with Gasteiger partial charge < -0.3 is 10.1 Å². The van der Waals surface area contributed by atoms with Gasteiger partial charge in [0.15, 0.2) is 0 Å². The second kappa shape index (κ2) is 11.8. The van der Waals surface area contributed by atoms with E-state index in [0.29, 0.717) is 12.5 Å². The number of nitrogens with one attached hydrogen (secondary N) is 1. The molecule has 0 aliphatic rings. The first-order chi connectivity index (χ1) is 14.0. The molecule has 1 amide bonds. The highest BCUT2D eigenvalue weighted by atomic mass is 16.5. The Morgan fingerprint density at radius 2 is 1.79 bits per heavy atom. The molecule has 2 rings (SSSR count). The SMILES string of the molecule is CCCC(C)COc1ccc([C@H](CN=[N+]=[N-])NC(=O)C(C)c2ccccc2)cc1. The molecule has 0 aliphatic heterocycles. The van der Waals surface area contributed by atoms with Gasteiger partial charge in [-0.1, -0.05) is 67.8 Å². The van der Waals surface area contributed by atoms with Gasteiger partial charge in [0.25, 0.3) is 0 Å². The van der Waals surface area contributed by atoms with Gasteiger partial charge in [-0.2, -0.15) is 0 Å². The summed E-state index contributed by atoms with van der Waals surface area (Å²) in [4.78, 5) is 15.6. The van der Waals surface area contributed by atoms with Crippen LogP contribution >= 0.6 is 0 Å². The van der Waals surface area contributed by atoms with Crippen LogP contribution in [-0.4, -0.2) is 19.1 Å². The van der Waals surface area contributed by atoms with Crippen molar-refractivity contribution in [1.82, 2.24) is 5.32 Å². The maximum absolute atomic E-state index is 12.7. The number of rotatable bonds is 11. The average molecular weight is 395 g/mol. The molecule has 6 nitrogen and oxygen atoms in total. The number of benzene rings is 2. The highest BCUT2D eigenvalue weighted by Gasteiger charge is 2.20. The molecule has 154 valence electrons. The molecule has 0 saturated heterocycles. The number of hydrogen-bond acceptors (Lipinski definition) is 3. The summed E-state index contributed by atoms with van der Waals surface area (Å²) in [5, 5.41) is 6.68. The lowest BCUT2D eigenvalue weighted by molar-refractivity contribution is -0.122. The van der Waals surface area contributed by atoms with Crippen molar-refractivity contribution in [3.8, 4) is 5.75 Å². The van der Waals surface area contributed by atoms with Crippen molar-refractivity contribution in [2.24, 2.45) is 11.0 Å². The van der Waals surface area contributed by atoms with E-state index in [4.69, 9.17) is 10.3 Å². The first-order valence-corrected chi connectivity index (χ1v) is 10.1. The van der Waals surface area contributed by atoms with Gasteiger partial charge in [0.1, 0.15) is 5.75 Å². The van der Waals surface area contributed by atoms with Gasteiger partial charge in [0, 0.05) is 4.91 Å². The zero-order chi connectivity index (χ0) is 21.1. The number of azide groups is 1. The third-order valence-corrected chi connectivity index (χ3v) is 4.94. The Labute approximate surface area is 172 Å². The summed E-state index contributed by atoms with van der Waals surface area (Å²) in [5.41, 5.74) is 10.5. The zero-order valence-corrected chi connectivity index (χ0v) is 17.4. The Morgan fingerprint density at radius 3 is 2.41 bits per heavy atom. The van der Waals surface area contributed by atoms with Crippen LogP contribution < -0.4 is 10.1 Å². The second-order valence-corrected chi connectivity index (χ2v) is 7.38. The summed E-state index contributed by atoms with van der Waals surface area (Å²) in [6.45, 7) is 7.04. The molecule has 2 unspecified atom stereocenters. The van der Waals surface area contributed by atoms with E-state index >= 15 is 0 Å². The molecule has 0 fully saturated rings. The average Bonchev–Trinajstić information content (AvgIpc) is 2.75. The largest absolute Gasteiger partial charge is 0.493 e. The lowest BCUT2D eigenvalue weighted by atomic mass is 9.99. The predicted octanol–water partition coefficient (Wildman–Crippen LogP) is 5.77. The zero-order valence-electron chi connectivity index (χ0n) is 17.4. The molecule has 29 heavy (non-hydrogen) atoms. The number of amides is 1. The van der Waals surface area contributed by atoms with Crippen molar-refractivity contribution in [2.75, 3.05) is 13.2 Å². The molecule has 2 aromatic carbocycles. The Morgan fingerprint density at radius 1 is 1.10 bits per heavy atom. The molecule has 0 spiro atoms. The van der Waals surface area contributed by atoms with Crippen LogP contribution in [0, 0.1) is 5.92 Å². The Hall–Kier alpha value is -2.98. The number of ether oxygens (including phenoxy) is 1. The number of carbonyl (C=O) groups is 1. The minimum Gasteiger partial charge on any atom is -0.493 e. The van der Waals surface area contributed by atoms with E-state index in [-0.39, 0.29) is 18.4 Å². The maximum Gasteiger partial charge on any atom is 0.227 e. The summed E-state index contributed by atoms with van der Waals surface area (Å²) in [5.74, 6) is 0.898. The van der Waals surface area contributed by atoms with E-state index in [1.807, 2.05) is 61.5 Å². The van der Waals surface area contributed by atoms with Crippen LogP contribution in [0.15, 0.2) is 59.7 Å². The topological polar surface area (TPSA) is 87.1 Å². The van der Waals surface area contributed by atoms with Crippen molar-refractivity contribution in [3.63, 3.8) is 0 Å². The third kappa shape index (κ3) is 7.16. The van der Waals surface area contributed by atoms with Gasteiger partial charge in [-0.15, -0.1) is 0 Å².